The van der Waals surface area contributed by atoms with Gasteiger partial charge in [-0.25, -0.2) is 4.57 Å². The van der Waals surface area contributed by atoms with Crippen molar-refractivity contribution in [2.24, 2.45) is 0 Å². The SMILES string of the molecule is Cc1cc[n+](CCOc2ccc(N)cc2)cc1.[Br-].[Br-]. The molecular formula is C14H17Br2N2O-. The average Bonchev–Trinajstić information content (AvgIpc) is 2.34. The first-order valence-electron chi connectivity index (χ1n) is 5.68. The van der Waals surface area contributed by atoms with Crippen LogP contribution in [-0.4, -0.2) is 6.61 Å². The van der Waals surface area contributed by atoms with Gasteiger partial charge >= 0.3 is 0 Å². The van der Waals surface area contributed by atoms with Gasteiger partial charge in [0, 0.05) is 17.8 Å². The van der Waals surface area contributed by atoms with Crippen LogP contribution in [0.1, 0.15) is 5.56 Å². The number of nitrogen functional groups attached to an aromatic ring is 1. The van der Waals surface area contributed by atoms with Gasteiger partial charge in [0.1, 0.15) is 12.4 Å². The summed E-state index contributed by atoms with van der Waals surface area (Å²) in [5.41, 5.74) is 7.62. The molecule has 0 bridgehead atoms. The highest BCUT2D eigenvalue weighted by atomic mass is 79.9. The standard InChI is InChI=1S/C14H17N2O.2BrH/c1-12-6-8-16(9-7-12)10-11-17-14-4-2-13(15)3-5-14;;/h2-9H,10-11,15H2,1H3;2*1H/q+1;;/p-2. The van der Waals surface area contributed by atoms with Crippen molar-refractivity contribution in [1.29, 1.82) is 0 Å². The molecular weight excluding hydrogens is 372 g/mol. The van der Waals surface area contributed by atoms with Crippen molar-refractivity contribution in [2.45, 2.75) is 13.5 Å². The van der Waals surface area contributed by atoms with Crippen LogP contribution in [0.5, 0.6) is 5.75 Å². The largest absolute Gasteiger partial charge is 1.00 e. The van der Waals surface area contributed by atoms with Crippen molar-refractivity contribution in [3.05, 3.63) is 54.4 Å². The Balaban J connectivity index is 0.00000162. The Morgan fingerprint density at radius 1 is 1.00 bits per heavy atom. The van der Waals surface area contributed by atoms with Gasteiger partial charge in [-0.05, 0) is 36.8 Å². The van der Waals surface area contributed by atoms with Crippen LogP contribution in [-0.2, 0) is 6.54 Å². The lowest BCUT2D eigenvalue weighted by molar-refractivity contribution is -0.697. The highest BCUT2D eigenvalue weighted by Gasteiger charge is 2.00. The zero-order valence-electron chi connectivity index (χ0n) is 10.7. The number of benzene rings is 1. The lowest BCUT2D eigenvalue weighted by Crippen LogP contribution is -3.00. The highest BCUT2D eigenvalue weighted by Crippen LogP contribution is 2.12. The lowest BCUT2D eigenvalue weighted by Gasteiger charge is -2.04. The van der Waals surface area contributed by atoms with Crippen LogP contribution in [0.3, 0.4) is 0 Å². The number of aryl methyl sites for hydroxylation is 1. The number of nitrogens with zero attached hydrogens (tertiary/aromatic N) is 1. The normalized spacial score (nSPS) is 9.11. The van der Waals surface area contributed by atoms with Crippen LogP contribution >= 0.6 is 0 Å². The molecule has 0 spiro atoms. The third-order valence-corrected chi connectivity index (χ3v) is 2.56. The summed E-state index contributed by atoms with van der Waals surface area (Å²) in [5, 5.41) is 0. The maximum Gasteiger partial charge on any atom is 0.182 e. The number of ether oxygens (including phenoxy) is 1. The monoisotopic (exact) mass is 387 g/mol. The molecule has 1 aromatic heterocycles. The molecule has 0 saturated carbocycles. The van der Waals surface area contributed by atoms with Gasteiger partial charge in [-0.2, -0.15) is 0 Å². The lowest BCUT2D eigenvalue weighted by atomic mass is 10.3. The summed E-state index contributed by atoms with van der Waals surface area (Å²) in [6.45, 7) is 3.57. The molecule has 0 amide bonds. The summed E-state index contributed by atoms with van der Waals surface area (Å²) >= 11 is 0. The van der Waals surface area contributed by atoms with Crippen LogP contribution in [0.4, 0.5) is 5.69 Å². The van der Waals surface area contributed by atoms with E-state index in [2.05, 4.69) is 36.0 Å². The minimum absolute atomic E-state index is 0. The van der Waals surface area contributed by atoms with E-state index in [1.54, 1.807) is 0 Å². The number of hydrogen-bond acceptors (Lipinski definition) is 2. The van der Waals surface area contributed by atoms with E-state index in [1.165, 1.54) is 5.56 Å². The first-order valence-corrected chi connectivity index (χ1v) is 5.68. The molecule has 0 aliphatic rings. The molecule has 0 atom stereocenters. The predicted octanol–water partition coefficient (Wildman–Crippen LogP) is -4.05. The van der Waals surface area contributed by atoms with Crippen molar-refractivity contribution < 1.29 is 43.3 Å². The number of hydrogen-bond donors (Lipinski definition) is 1. The van der Waals surface area contributed by atoms with Crippen molar-refractivity contribution in [3.63, 3.8) is 0 Å². The van der Waals surface area contributed by atoms with Crippen LogP contribution in [0, 0.1) is 6.92 Å². The van der Waals surface area contributed by atoms with E-state index in [4.69, 9.17) is 10.5 Å². The molecule has 0 aliphatic heterocycles. The Bertz CT molecular complexity index is 426. The zero-order valence-corrected chi connectivity index (χ0v) is 13.9. The molecule has 0 aliphatic carbocycles. The predicted molar refractivity (Wildman–Crippen MR) is 67.7 cm³/mol. The Kier molecular flexibility index (Phi) is 8.43. The number of pyridine rings is 1. The van der Waals surface area contributed by atoms with Gasteiger partial charge in [0.15, 0.2) is 18.9 Å². The molecule has 1 heterocycles. The van der Waals surface area contributed by atoms with E-state index in [1.807, 2.05) is 24.3 Å². The van der Waals surface area contributed by atoms with Crippen molar-refractivity contribution >= 4 is 5.69 Å². The minimum Gasteiger partial charge on any atom is -1.00 e. The van der Waals surface area contributed by atoms with Gasteiger partial charge in [-0.3, -0.25) is 0 Å². The number of anilines is 1. The van der Waals surface area contributed by atoms with Crippen LogP contribution < -0.4 is 49.0 Å². The second-order valence-electron chi connectivity index (χ2n) is 4.03. The molecule has 0 saturated heterocycles. The van der Waals surface area contributed by atoms with E-state index >= 15 is 0 Å². The third kappa shape index (κ3) is 6.07. The van der Waals surface area contributed by atoms with Gasteiger partial charge in [0.25, 0.3) is 0 Å². The second-order valence-corrected chi connectivity index (χ2v) is 4.03. The van der Waals surface area contributed by atoms with Crippen LogP contribution in [0.25, 0.3) is 0 Å². The maximum atomic E-state index is 5.62. The number of halogens is 2. The molecule has 2 aromatic rings. The van der Waals surface area contributed by atoms with Crippen molar-refractivity contribution in [2.75, 3.05) is 12.3 Å². The fourth-order valence-electron chi connectivity index (χ4n) is 1.51. The molecule has 0 radical (unpaired) electrons. The zero-order chi connectivity index (χ0) is 12.1. The van der Waals surface area contributed by atoms with Gasteiger partial charge < -0.3 is 44.4 Å². The summed E-state index contributed by atoms with van der Waals surface area (Å²) in [6, 6.07) is 11.6. The summed E-state index contributed by atoms with van der Waals surface area (Å²) in [4.78, 5) is 0. The Morgan fingerprint density at radius 3 is 2.16 bits per heavy atom. The fraction of sp³-hybridized carbons (Fsp3) is 0.214. The van der Waals surface area contributed by atoms with Crippen LogP contribution in [0.15, 0.2) is 48.8 Å². The molecule has 104 valence electrons. The summed E-state index contributed by atoms with van der Waals surface area (Å²) in [6.07, 6.45) is 4.11. The average molecular weight is 389 g/mol. The third-order valence-electron chi connectivity index (χ3n) is 2.56. The van der Waals surface area contributed by atoms with E-state index < -0.39 is 0 Å². The molecule has 1 aromatic carbocycles. The Hall–Kier alpha value is -1.07. The molecule has 0 fully saturated rings. The summed E-state index contributed by atoms with van der Waals surface area (Å²) in [5.74, 6) is 0.854. The quantitative estimate of drug-likeness (QED) is 0.428. The summed E-state index contributed by atoms with van der Waals surface area (Å²) < 4.78 is 7.72. The van der Waals surface area contributed by atoms with E-state index in [9.17, 15) is 0 Å². The Labute approximate surface area is 134 Å². The van der Waals surface area contributed by atoms with Gasteiger partial charge in [-0.1, -0.05) is 0 Å². The van der Waals surface area contributed by atoms with Crippen LogP contribution in [0.2, 0.25) is 0 Å². The molecule has 5 heteroatoms. The molecule has 2 rings (SSSR count). The molecule has 0 unspecified atom stereocenters. The topological polar surface area (TPSA) is 39.1 Å². The van der Waals surface area contributed by atoms with Crippen molar-refractivity contribution in [3.8, 4) is 5.75 Å². The van der Waals surface area contributed by atoms with Gasteiger partial charge in [0.05, 0.1) is 0 Å². The summed E-state index contributed by atoms with van der Waals surface area (Å²) in [7, 11) is 0. The highest BCUT2D eigenvalue weighted by molar-refractivity contribution is 5.41. The van der Waals surface area contributed by atoms with Gasteiger partial charge in [0.2, 0.25) is 0 Å². The molecule has 2 N–H and O–H groups in total. The van der Waals surface area contributed by atoms with E-state index in [-0.39, 0.29) is 34.0 Å². The fourth-order valence-corrected chi connectivity index (χ4v) is 1.51. The Morgan fingerprint density at radius 2 is 1.58 bits per heavy atom. The second kappa shape index (κ2) is 8.93. The first-order chi connectivity index (χ1) is 8.24. The van der Waals surface area contributed by atoms with Gasteiger partial charge in [-0.15, -0.1) is 0 Å². The first kappa shape index (κ1) is 17.9. The minimum atomic E-state index is 0. The van der Waals surface area contributed by atoms with Crippen molar-refractivity contribution in [1.82, 2.24) is 0 Å². The smallest absolute Gasteiger partial charge is 0.182 e. The number of rotatable bonds is 4. The number of nitrogens with two attached hydrogens (primary N) is 1. The van der Waals surface area contributed by atoms with E-state index in [0.717, 1.165) is 18.0 Å². The maximum absolute atomic E-state index is 5.62. The van der Waals surface area contributed by atoms with E-state index in [0.29, 0.717) is 6.61 Å². The number of aromatic nitrogens is 1. The molecule has 19 heavy (non-hydrogen) atoms. The molecule has 3 nitrogen and oxygen atoms in total.